The molecule has 2 N–H and O–H groups in total. The third-order valence-electron chi connectivity index (χ3n) is 3.19. The number of anilines is 1. The molecule has 1 aromatic carbocycles. The summed E-state index contributed by atoms with van der Waals surface area (Å²) in [5, 5.41) is 10.1. The van der Waals surface area contributed by atoms with E-state index in [9.17, 15) is 0 Å². The van der Waals surface area contributed by atoms with E-state index in [1.54, 1.807) is 12.4 Å². The normalized spacial score (nSPS) is 10.5. The van der Waals surface area contributed by atoms with Gasteiger partial charge in [-0.2, -0.15) is 5.26 Å². The quantitative estimate of drug-likeness (QED) is 0.720. The zero-order valence-corrected chi connectivity index (χ0v) is 10.5. The smallest absolute Gasteiger partial charge is 0.0991 e. The Bertz CT molecular complexity index is 809. The van der Waals surface area contributed by atoms with Crippen molar-refractivity contribution in [2.45, 2.75) is 0 Å². The summed E-state index contributed by atoms with van der Waals surface area (Å²) in [6.45, 7) is 0. The zero-order chi connectivity index (χ0) is 13.4. The molecule has 0 fully saturated rings. The van der Waals surface area contributed by atoms with Crippen LogP contribution in [0.1, 0.15) is 5.56 Å². The maximum Gasteiger partial charge on any atom is 0.0991 e. The van der Waals surface area contributed by atoms with Gasteiger partial charge in [-0.1, -0.05) is 0 Å². The van der Waals surface area contributed by atoms with Crippen molar-refractivity contribution in [3.8, 4) is 17.2 Å². The Kier molecular flexibility index (Phi) is 2.46. The van der Waals surface area contributed by atoms with Gasteiger partial charge in [0.2, 0.25) is 0 Å². The van der Waals surface area contributed by atoms with Crippen LogP contribution in [0, 0.1) is 11.3 Å². The summed E-state index contributed by atoms with van der Waals surface area (Å²) in [5.41, 5.74) is 10.1. The van der Waals surface area contributed by atoms with Crippen molar-refractivity contribution >= 4 is 16.6 Å². The van der Waals surface area contributed by atoms with Crippen LogP contribution in [0.25, 0.3) is 22.0 Å². The highest BCUT2D eigenvalue weighted by molar-refractivity contribution is 5.97. The molecule has 0 radical (unpaired) electrons. The van der Waals surface area contributed by atoms with Crippen LogP contribution in [0.2, 0.25) is 0 Å². The first-order chi connectivity index (χ1) is 9.19. The third kappa shape index (κ3) is 1.81. The lowest BCUT2D eigenvalue weighted by atomic mass is 10.0. The van der Waals surface area contributed by atoms with Gasteiger partial charge in [0.1, 0.15) is 0 Å². The summed E-state index contributed by atoms with van der Waals surface area (Å²) >= 11 is 0. The molecule has 92 valence electrons. The molecule has 0 saturated heterocycles. The van der Waals surface area contributed by atoms with E-state index in [0.717, 1.165) is 22.0 Å². The number of hydrogen-bond donors (Lipinski definition) is 1. The number of nitrogens with zero attached hydrogens (tertiary/aromatic N) is 3. The van der Waals surface area contributed by atoms with E-state index < -0.39 is 0 Å². The summed E-state index contributed by atoms with van der Waals surface area (Å²) < 4.78 is 2.04. The van der Waals surface area contributed by atoms with Crippen molar-refractivity contribution in [3.63, 3.8) is 0 Å². The minimum atomic E-state index is 0.631. The molecule has 3 rings (SSSR count). The molecule has 0 bridgehead atoms. The third-order valence-corrected chi connectivity index (χ3v) is 3.19. The molecule has 3 aromatic rings. The molecular weight excluding hydrogens is 236 g/mol. The van der Waals surface area contributed by atoms with Crippen LogP contribution in [0.3, 0.4) is 0 Å². The number of aryl methyl sites for hydroxylation is 1. The van der Waals surface area contributed by atoms with E-state index >= 15 is 0 Å². The van der Waals surface area contributed by atoms with Crippen molar-refractivity contribution < 1.29 is 0 Å². The van der Waals surface area contributed by atoms with Gasteiger partial charge in [0.05, 0.1) is 17.3 Å². The van der Waals surface area contributed by atoms with Crippen LogP contribution in [0.5, 0.6) is 0 Å². The lowest BCUT2D eigenvalue weighted by Gasteiger charge is -2.00. The molecule has 0 unspecified atom stereocenters. The maximum atomic E-state index is 9.02. The van der Waals surface area contributed by atoms with Crippen molar-refractivity contribution in [2.24, 2.45) is 7.05 Å². The second-order valence-corrected chi connectivity index (χ2v) is 4.50. The Morgan fingerprint density at radius 2 is 2.11 bits per heavy atom. The standard InChI is InChI=1S/C15H12N4/c1-19-9-14(11-5-12(17)8-18-7-11)13-4-10(6-16)2-3-15(13)19/h2-5,7-9H,17H2,1H3. The fourth-order valence-electron chi connectivity index (χ4n) is 2.30. The van der Waals surface area contributed by atoms with Gasteiger partial charge < -0.3 is 10.3 Å². The van der Waals surface area contributed by atoms with E-state index in [-0.39, 0.29) is 0 Å². The Morgan fingerprint density at radius 1 is 1.26 bits per heavy atom. The number of nitrogen functional groups attached to an aromatic ring is 1. The Labute approximate surface area is 110 Å². The highest BCUT2D eigenvalue weighted by Crippen LogP contribution is 2.31. The number of pyridine rings is 1. The molecular formula is C15H12N4. The molecule has 0 aliphatic carbocycles. The lowest BCUT2D eigenvalue weighted by molar-refractivity contribution is 0.970. The first-order valence-electron chi connectivity index (χ1n) is 5.89. The Morgan fingerprint density at radius 3 is 2.84 bits per heavy atom. The van der Waals surface area contributed by atoms with Gasteiger partial charge in [-0.3, -0.25) is 4.98 Å². The molecule has 0 aliphatic rings. The van der Waals surface area contributed by atoms with Gasteiger partial charge in [0.15, 0.2) is 0 Å². The molecule has 2 aromatic heterocycles. The molecule has 4 heteroatoms. The number of nitriles is 1. The van der Waals surface area contributed by atoms with Gasteiger partial charge in [-0.25, -0.2) is 0 Å². The predicted octanol–water partition coefficient (Wildman–Crippen LogP) is 2.69. The van der Waals surface area contributed by atoms with Crippen molar-refractivity contribution in [2.75, 3.05) is 5.73 Å². The average molecular weight is 248 g/mol. The minimum Gasteiger partial charge on any atom is -0.397 e. The zero-order valence-electron chi connectivity index (χ0n) is 10.5. The molecule has 0 saturated carbocycles. The molecule has 0 aliphatic heterocycles. The number of benzene rings is 1. The van der Waals surface area contributed by atoms with Crippen LogP contribution in [-0.4, -0.2) is 9.55 Å². The Balaban J connectivity index is 2.32. The molecule has 19 heavy (non-hydrogen) atoms. The van der Waals surface area contributed by atoms with Crippen molar-refractivity contribution in [1.29, 1.82) is 5.26 Å². The van der Waals surface area contributed by atoms with Gasteiger partial charge in [-0.05, 0) is 24.3 Å². The van der Waals surface area contributed by atoms with Crippen LogP contribution in [-0.2, 0) is 7.05 Å². The fraction of sp³-hybridized carbons (Fsp3) is 0.0667. The molecule has 2 heterocycles. The van der Waals surface area contributed by atoms with Crippen LogP contribution in [0.15, 0.2) is 42.9 Å². The van der Waals surface area contributed by atoms with Crippen LogP contribution < -0.4 is 5.73 Å². The monoisotopic (exact) mass is 248 g/mol. The first kappa shape index (κ1) is 11.3. The molecule has 0 spiro atoms. The number of hydrogen-bond acceptors (Lipinski definition) is 3. The van der Waals surface area contributed by atoms with E-state index in [4.69, 9.17) is 11.0 Å². The van der Waals surface area contributed by atoms with E-state index in [1.807, 2.05) is 42.1 Å². The Hall–Kier alpha value is -2.80. The van der Waals surface area contributed by atoms with E-state index in [1.165, 1.54) is 0 Å². The fourth-order valence-corrected chi connectivity index (χ4v) is 2.30. The number of aromatic nitrogens is 2. The largest absolute Gasteiger partial charge is 0.397 e. The van der Waals surface area contributed by atoms with Crippen molar-refractivity contribution in [1.82, 2.24) is 9.55 Å². The lowest BCUT2D eigenvalue weighted by Crippen LogP contribution is -1.87. The highest BCUT2D eigenvalue weighted by Gasteiger charge is 2.10. The maximum absolute atomic E-state index is 9.02. The van der Waals surface area contributed by atoms with Crippen molar-refractivity contribution in [3.05, 3.63) is 48.4 Å². The van der Waals surface area contributed by atoms with E-state index in [0.29, 0.717) is 11.3 Å². The minimum absolute atomic E-state index is 0.631. The van der Waals surface area contributed by atoms with Gasteiger partial charge in [-0.15, -0.1) is 0 Å². The number of fused-ring (bicyclic) bond motifs is 1. The summed E-state index contributed by atoms with van der Waals surface area (Å²) in [6, 6.07) is 9.73. The van der Waals surface area contributed by atoms with Gasteiger partial charge in [0.25, 0.3) is 0 Å². The second-order valence-electron chi connectivity index (χ2n) is 4.50. The van der Waals surface area contributed by atoms with E-state index in [2.05, 4.69) is 11.1 Å². The summed E-state index contributed by atoms with van der Waals surface area (Å²) in [5.74, 6) is 0. The predicted molar refractivity (Wildman–Crippen MR) is 75.3 cm³/mol. The summed E-state index contributed by atoms with van der Waals surface area (Å²) in [6.07, 6.45) is 5.43. The van der Waals surface area contributed by atoms with Crippen LogP contribution in [0.4, 0.5) is 5.69 Å². The second kappa shape index (κ2) is 4.14. The van der Waals surface area contributed by atoms with Crippen LogP contribution >= 0.6 is 0 Å². The number of rotatable bonds is 1. The first-order valence-corrected chi connectivity index (χ1v) is 5.89. The average Bonchev–Trinajstić information content (AvgIpc) is 2.75. The molecule has 0 atom stereocenters. The topological polar surface area (TPSA) is 67.6 Å². The van der Waals surface area contributed by atoms with Gasteiger partial charge in [0, 0.05) is 47.7 Å². The number of nitrogens with two attached hydrogens (primary N) is 1. The van der Waals surface area contributed by atoms with Gasteiger partial charge >= 0.3 is 0 Å². The SMILES string of the molecule is Cn1cc(-c2cncc(N)c2)c2cc(C#N)ccc21. The molecule has 4 nitrogen and oxygen atoms in total. The summed E-state index contributed by atoms with van der Waals surface area (Å²) in [4.78, 5) is 4.12. The molecule has 0 amide bonds. The highest BCUT2D eigenvalue weighted by atomic mass is 14.9. The summed E-state index contributed by atoms with van der Waals surface area (Å²) in [7, 11) is 1.98.